The van der Waals surface area contributed by atoms with Crippen LogP contribution in [0.5, 0.6) is 0 Å². The van der Waals surface area contributed by atoms with Crippen molar-refractivity contribution in [3.8, 4) is 0 Å². The zero-order valence-electron chi connectivity index (χ0n) is 15.0. The third kappa shape index (κ3) is 4.10. The summed E-state index contributed by atoms with van der Waals surface area (Å²) in [5, 5.41) is 3.62. The average molecular weight is 384 g/mol. The Hall–Kier alpha value is -2.50. The molecule has 0 saturated carbocycles. The highest BCUT2D eigenvalue weighted by Gasteiger charge is 2.17. The van der Waals surface area contributed by atoms with E-state index in [2.05, 4.69) is 27.3 Å². The Morgan fingerprint density at radius 2 is 1.67 bits per heavy atom. The molecule has 0 spiro atoms. The second kappa shape index (κ2) is 8.03. The van der Waals surface area contributed by atoms with Gasteiger partial charge in [0.15, 0.2) is 0 Å². The Kier molecular flexibility index (Phi) is 5.32. The van der Waals surface area contributed by atoms with E-state index >= 15 is 0 Å². The molecular weight excluding hydrogens is 362 g/mol. The van der Waals surface area contributed by atoms with Gasteiger partial charge in [0, 0.05) is 42.5 Å². The molecule has 1 saturated heterocycles. The van der Waals surface area contributed by atoms with Gasteiger partial charge in [0.2, 0.25) is 0 Å². The number of amides is 1. The normalized spacial score (nSPS) is 16.6. The minimum Gasteiger partial charge on any atom is -0.378 e. The number of halogens is 1. The van der Waals surface area contributed by atoms with Gasteiger partial charge in [0.25, 0.3) is 5.91 Å². The minimum atomic E-state index is -0.141. The lowest BCUT2D eigenvalue weighted by atomic mass is 10.1. The van der Waals surface area contributed by atoms with Crippen molar-refractivity contribution in [2.75, 3.05) is 54.5 Å². The Morgan fingerprint density at radius 3 is 2.37 bits per heavy atom. The van der Waals surface area contributed by atoms with E-state index in [0.717, 1.165) is 43.2 Å². The van der Waals surface area contributed by atoms with E-state index in [1.165, 1.54) is 0 Å². The number of nitrogens with one attached hydrogen (secondary N) is 1. The van der Waals surface area contributed by atoms with Crippen molar-refractivity contribution < 1.29 is 9.53 Å². The first-order valence-corrected chi connectivity index (χ1v) is 9.52. The van der Waals surface area contributed by atoms with Gasteiger partial charge < -0.3 is 19.9 Å². The van der Waals surface area contributed by atoms with Crippen LogP contribution in [0.4, 0.5) is 17.1 Å². The standard InChI is InChI=1S/C21H22ClN3O2/c22-17-5-8-20(25-11-13-27-14-12-25)19(15-17)23-21(26)16-3-6-18(7-4-16)24-9-1-2-10-24/h1-8,15H,9-14H2,(H,23,26). The number of carbonyl (C=O) groups is 1. The molecule has 4 rings (SSSR count). The Morgan fingerprint density at radius 1 is 0.963 bits per heavy atom. The van der Waals surface area contributed by atoms with Crippen LogP contribution in [0.2, 0.25) is 5.02 Å². The molecule has 0 aliphatic carbocycles. The van der Waals surface area contributed by atoms with Crippen molar-refractivity contribution in [3.05, 3.63) is 65.2 Å². The maximum Gasteiger partial charge on any atom is 0.255 e. The van der Waals surface area contributed by atoms with Crippen LogP contribution in [0.15, 0.2) is 54.6 Å². The predicted molar refractivity (Wildman–Crippen MR) is 110 cm³/mol. The van der Waals surface area contributed by atoms with Crippen LogP contribution in [0.3, 0.4) is 0 Å². The molecular formula is C21H22ClN3O2. The second-order valence-corrected chi connectivity index (χ2v) is 7.07. The molecule has 2 aliphatic heterocycles. The van der Waals surface area contributed by atoms with Gasteiger partial charge in [-0.15, -0.1) is 0 Å². The SMILES string of the molecule is O=C(Nc1cc(Cl)ccc1N1CCOCC1)c1ccc(N2CC=CC2)cc1. The molecule has 1 amide bonds. The first kappa shape index (κ1) is 17.9. The number of morpholine rings is 1. The highest BCUT2D eigenvalue weighted by atomic mass is 35.5. The van der Waals surface area contributed by atoms with Crippen molar-refractivity contribution in [2.24, 2.45) is 0 Å². The number of nitrogens with zero attached hydrogens (tertiary/aromatic N) is 2. The van der Waals surface area contributed by atoms with Crippen LogP contribution in [0, 0.1) is 0 Å². The molecule has 0 atom stereocenters. The van der Waals surface area contributed by atoms with Gasteiger partial charge >= 0.3 is 0 Å². The largest absolute Gasteiger partial charge is 0.378 e. The molecule has 0 bridgehead atoms. The summed E-state index contributed by atoms with van der Waals surface area (Å²) >= 11 is 6.17. The summed E-state index contributed by atoms with van der Waals surface area (Å²) in [4.78, 5) is 17.2. The van der Waals surface area contributed by atoms with Crippen molar-refractivity contribution >= 4 is 34.6 Å². The van der Waals surface area contributed by atoms with E-state index < -0.39 is 0 Å². The number of anilines is 3. The summed E-state index contributed by atoms with van der Waals surface area (Å²) in [7, 11) is 0. The van der Waals surface area contributed by atoms with Crippen LogP contribution in [0.25, 0.3) is 0 Å². The third-order valence-electron chi connectivity index (χ3n) is 4.87. The van der Waals surface area contributed by atoms with Gasteiger partial charge in [-0.25, -0.2) is 0 Å². The lowest BCUT2D eigenvalue weighted by Gasteiger charge is -2.30. The summed E-state index contributed by atoms with van der Waals surface area (Å²) in [6, 6.07) is 13.3. The first-order chi connectivity index (χ1) is 13.2. The molecule has 27 heavy (non-hydrogen) atoms. The van der Waals surface area contributed by atoms with Gasteiger partial charge in [-0.05, 0) is 42.5 Å². The zero-order chi connectivity index (χ0) is 18.6. The molecule has 2 heterocycles. The van der Waals surface area contributed by atoms with Crippen LogP contribution in [0.1, 0.15) is 10.4 Å². The summed E-state index contributed by atoms with van der Waals surface area (Å²) in [5.41, 5.74) is 3.44. The quantitative estimate of drug-likeness (QED) is 0.815. The fourth-order valence-corrected chi connectivity index (χ4v) is 3.57. The van der Waals surface area contributed by atoms with E-state index in [-0.39, 0.29) is 5.91 Å². The van der Waals surface area contributed by atoms with Crippen LogP contribution < -0.4 is 15.1 Å². The number of rotatable bonds is 4. The van der Waals surface area contributed by atoms with Crippen molar-refractivity contribution in [3.63, 3.8) is 0 Å². The Labute approximate surface area is 164 Å². The van der Waals surface area contributed by atoms with E-state index in [1.807, 2.05) is 36.4 Å². The van der Waals surface area contributed by atoms with Crippen molar-refractivity contribution in [2.45, 2.75) is 0 Å². The summed E-state index contributed by atoms with van der Waals surface area (Å²) in [5.74, 6) is -0.141. The molecule has 0 radical (unpaired) electrons. The molecule has 5 nitrogen and oxygen atoms in total. The highest BCUT2D eigenvalue weighted by Crippen LogP contribution is 2.30. The number of ether oxygens (including phenoxy) is 1. The summed E-state index contributed by atoms with van der Waals surface area (Å²) in [6.07, 6.45) is 4.29. The highest BCUT2D eigenvalue weighted by molar-refractivity contribution is 6.31. The Balaban J connectivity index is 1.51. The Bertz CT molecular complexity index is 837. The lowest BCUT2D eigenvalue weighted by molar-refractivity contribution is 0.102. The van der Waals surface area contributed by atoms with Gasteiger partial charge in [-0.3, -0.25) is 4.79 Å². The van der Waals surface area contributed by atoms with E-state index in [1.54, 1.807) is 6.07 Å². The number of carbonyl (C=O) groups excluding carboxylic acids is 1. The summed E-state index contributed by atoms with van der Waals surface area (Å²) < 4.78 is 5.43. The predicted octanol–water partition coefficient (Wildman–Crippen LogP) is 3.81. The fraction of sp³-hybridized carbons (Fsp3) is 0.286. The van der Waals surface area contributed by atoms with Gasteiger partial charge in [0.05, 0.1) is 24.6 Å². The maximum absolute atomic E-state index is 12.8. The molecule has 2 aromatic rings. The van der Waals surface area contributed by atoms with Gasteiger partial charge in [-0.2, -0.15) is 0 Å². The number of benzene rings is 2. The molecule has 1 N–H and O–H groups in total. The number of hydrogen-bond acceptors (Lipinski definition) is 4. The van der Waals surface area contributed by atoms with Crippen LogP contribution in [-0.4, -0.2) is 45.3 Å². The second-order valence-electron chi connectivity index (χ2n) is 6.64. The summed E-state index contributed by atoms with van der Waals surface area (Å²) in [6.45, 7) is 4.78. The first-order valence-electron chi connectivity index (χ1n) is 9.14. The van der Waals surface area contributed by atoms with Crippen LogP contribution in [-0.2, 0) is 4.74 Å². The fourth-order valence-electron chi connectivity index (χ4n) is 3.40. The maximum atomic E-state index is 12.8. The van der Waals surface area contributed by atoms with E-state index in [0.29, 0.717) is 23.8 Å². The zero-order valence-corrected chi connectivity index (χ0v) is 15.8. The minimum absolute atomic E-state index is 0.141. The molecule has 0 aromatic heterocycles. The van der Waals surface area contributed by atoms with Crippen LogP contribution >= 0.6 is 11.6 Å². The molecule has 6 heteroatoms. The lowest BCUT2D eigenvalue weighted by Crippen LogP contribution is -2.36. The molecule has 1 fully saturated rings. The number of hydrogen-bond donors (Lipinski definition) is 1. The molecule has 0 unspecified atom stereocenters. The monoisotopic (exact) mass is 383 g/mol. The smallest absolute Gasteiger partial charge is 0.255 e. The van der Waals surface area contributed by atoms with E-state index in [4.69, 9.17) is 16.3 Å². The van der Waals surface area contributed by atoms with E-state index in [9.17, 15) is 4.79 Å². The molecule has 2 aliphatic rings. The topological polar surface area (TPSA) is 44.8 Å². The van der Waals surface area contributed by atoms with Gasteiger partial charge in [-0.1, -0.05) is 23.8 Å². The average Bonchev–Trinajstić information content (AvgIpc) is 3.24. The van der Waals surface area contributed by atoms with Crippen molar-refractivity contribution in [1.29, 1.82) is 0 Å². The molecule has 140 valence electrons. The van der Waals surface area contributed by atoms with Crippen molar-refractivity contribution in [1.82, 2.24) is 0 Å². The molecule has 2 aromatic carbocycles. The van der Waals surface area contributed by atoms with Gasteiger partial charge in [0.1, 0.15) is 0 Å². The third-order valence-corrected chi connectivity index (χ3v) is 5.11.